The maximum Gasteiger partial charge on any atom is 0.150 e. The van der Waals surface area contributed by atoms with Crippen LogP contribution in [0.1, 0.15) is 107 Å². The molecule has 0 heterocycles. The summed E-state index contributed by atoms with van der Waals surface area (Å²) in [6.07, 6.45) is 24.5. The maximum atomic E-state index is 10.6. The second-order valence-electron chi connectivity index (χ2n) is 7.60. The SMILES string of the molecule is CCCCCCCCC=CCCCCCCCCNc1ccc(C=O)cc1. The molecule has 0 bridgehead atoms. The molecule has 0 amide bonds. The standard InChI is InChI=1S/C25H41NO/c1-2-3-4-5-6-7-8-9-10-11-12-13-14-15-16-17-22-26-25-20-18-24(23-27)19-21-25/h9-10,18-21,23,26H,2-8,11-17,22H2,1H3. The van der Waals surface area contributed by atoms with Crippen LogP contribution in [-0.4, -0.2) is 12.8 Å². The van der Waals surface area contributed by atoms with Gasteiger partial charge in [0.15, 0.2) is 0 Å². The van der Waals surface area contributed by atoms with Crippen molar-refractivity contribution in [2.45, 2.75) is 96.8 Å². The monoisotopic (exact) mass is 371 g/mol. The lowest BCUT2D eigenvalue weighted by Crippen LogP contribution is -2.01. The van der Waals surface area contributed by atoms with Crippen LogP contribution in [-0.2, 0) is 0 Å². The molecule has 1 aromatic carbocycles. The Morgan fingerprint density at radius 1 is 0.704 bits per heavy atom. The summed E-state index contributed by atoms with van der Waals surface area (Å²) in [6, 6.07) is 7.67. The molecule has 0 aliphatic rings. The molecule has 1 N–H and O–H groups in total. The third kappa shape index (κ3) is 14.2. The van der Waals surface area contributed by atoms with Gasteiger partial charge in [-0.1, -0.05) is 76.9 Å². The molecule has 0 radical (unpaired) electrons. The lowest BCUT2D eigenvalue weighted by atomic mass is 10.1. The average Bonchev–Trinajstić information content (AvgIpc) is 2.70. The predicted molar refractivity (Wildman–Crippen MR) is 120 cm³/mol. The van der Waals surface area contributed by atoms with E-state index in [1.54, 1.807) is 0 Å². The van der Waals surface area contributed by atoms with Gasteiger partial charge in [-0.3, -0.25) is 4.79 Å². The van der Waals surface area contributed by atoms with Crippen LogP contribution in [0.25, 0.3) is 0 Å². The Labute approximate surface area is 167 Å². The molecular weight excluding hydrogens is 330 g/mol. The van der Waals surface area contributed by atoms with Crippen molar-refractivity contribution in [1.29, 1.82) is 0 Å². The van der Waals surface area contributed by atoms with E-state index in [-0.39, 0.29) is 0 Å². The quantitative estimate of drug-likeness (QED) is 0.161. The van der Waals surface area contributed by atoms with Crippen molar-refractivity contribution in [3.63, 3.8) is 0 Å². The molecule has 2 nitrogen and oxygen atoms in total. The Kier molecular flexibility index (Phi) is 15.5. The van der Waals surface area contributed by atoms with Crippen LogP contribution in [0.3, 0.4) is 0 Å². The van der Waals surface area contributed by atoms with Gasteiger partial charge in [-0.25, -0.2) is 0 Å². The van der Waals surface area contributed by atoms with Gasteiger partial charge in [0, 0.05) is 17.8 Å². The summed E-state index contributed by atoms with van der Waals surface area (Å²) in [5, 5.41) is 3.42. The van der Waals surface area contributed by atoms with Crippen molar-refractivity contribution in [1.82, 2.24) is 0 Å². The normalized spacial score (nSPS) is 11.1. The molecule has 0 saturated carbocycles. The van der Waals surface area contributed by atoms with Crippen molar-refractivity contribution in [3.8, 4) is 0 Å². The van der Waals surface area contributed by atoms with Crippen LogP contribution in [0.15, 0.2) is 36.4 Å². The molecule has 0 spiro atoms. The summed E-state index contributed by atoms with van der Waals surface area (Å²) >= 11 is 0. The summed E-state index contributed by atoms with van der Waals surface area (Å²) in [5.74, 6) is 0. The van der Waals surface area contributed by atoms with Crippen LogP contribution in [0.4, 0.5) is 5.69 Å². The van der Waals surface area contributed by atoms with E-state index in [1.807, 2.05) is 24.3 Å². The van der Waals surface area contributed by atoms with E-state index in [9.17, 15) is 4.79 Å². The lowest BCUT2D eigenvalue weighted by molar-refractivity contribution is 0.112. The van der Waals surface area contributed by atoms with Crippen molar-refractivity contribution >= 4 is 12.0 Å². The fraction of sp³-hybridized carbons (Fsp3) is 0.640. The highest BCUT2D eigenvalue weighted by Gasteiger charge is 1.94. The highest BCUT2D eigenvalue weighted by Crippen LogP contribution is 2.11. The van der Waals surface area contributed by atoms with Gasteiger partial charge in [-0.2, -0.15) is 0 Å². The van der Waals surface area contributed by atoms with E-state index in [0.29, 0.717) is 0 Å². The number of benzene rings is 1. The summed E-state index contributed by atoms with van der Waals surface area (Å²) in [7, 11) is 0. The van der Waals surface area contributed by atoms with Gasteiger partial charge in [0.1, 0.15) is 6.29 Å². The van der Waals surface area contributed by atoms with Gasteiger partial charge in [0.2, 0.25) is 0 Å². The Balaban J connectivity index is 1.80. The molecule has 27 heavy (non-hydrogen) atoms. The van der Waals surface area contributed by atoms with Gasteiger partial charge in [0.05, 0.1) is 0 Å². The van der Waals surface area contributed by atoms with E-state index in [4.69, 9.17) is 0 Å². The highest BCUT2D eigenvalue weighted by molar-refractivity contribution is 5.75. The zero-order valence-corrected chi connectivity index (χ0v) is 17.6. The minimum absolute atomic E-state index is 0.734. The number of anilines is 1. The van der Waals surface area contributed by atoms with Gasteiger partial charge in [-0.15, -0.1) is 0 Å². The summed E-state index contributed by atoms with van der Waals surface area (Å²) in [6.45, 7) is 3.29. The summed E-state index contributed by atoms with van der Waals surface area (Å²) in [4.78, 5) is 10.6. The van der Waals surface area contributed by atoms with Gasteiger partial charge < -0.3 is 5.32 Å². The number of rotatable bonds is 18. The molecule has 0 fully saturated rings. The Bertz CT molecular complexity index is 478. The molecule has 1 aromatic rings. The maximum absolute atomic E-state index is 10.6. The molecule has 0 aliphatic heterocycles. The number of carbonyl (C=O) groups excluding carboxylic acids is 1. The van der Waals surface area contributed by atoms with E-state index in [1.165, 1.54) is 89.9 Å². The molecule has 0 aromatic heterocycles. The molecular formula is C25H41NO. The van der Waals surface area contributed by atoms with Crippen molar-refractivity contribution in [2.24, 2.45) is 0 Å². The van der Waals surface area contributed by atoms with E-state index >= 15 is 0 Å². The van der Waals surface area contributed by atoms with Gasteiger partial charge in [-0.05, 0) is 56.4 Å². The minimum Gasteiger partial charge on any atom is -0.385 e. The highest BCUT2D eigenvalue weighted by atomic mass is 16.1. The average molecular weight is 372 g/mol. The number of aldehydes is 1. The number of nitrogens with one attached hydrogen (secondary N) is 1. The third-order valence-corrected chi connectivity index (χ3v) is 5.06. The van der Waals surface area contributed by atoms with Crippen LogP contribution < -0.4 is 5.32 Å². The number of allylic oxidation sites excluding steroid dienone is 2. The van der Waals surface area contributed by atoms with Crippen LogP contribution in [0.2, 0.25) is 0 Å². The number of hydrogen-bond acceptors (Lipinski definition) is 2. The van der Waals surface area contributed by atoms with Crippen molar-refractivity contribution < 1.29 is 4.79 Å². The first-order valence-corrected chi connectivity index (χ1v) is 11.3. The van der Waals surface area contributed by atoms with Crippen molar-refractivity contribution in [2.75, 3.05) is 11.9 Å². The summed E-state index contributed by atoms with van der Waals surface area (Å²) < 4.78 is 0. The fourth-order valence-corrected chi connectivity index (χ4v) is 3.28. The second-order valence-corrected chi connectivity index (χ2v) is 7.60. The molecule has 0 aliphatic carbocycles. The fourth-order valence-electron chi connectivity index (χ4n) is 3.28. The summed E-state index contributed by atoms with van der Waals surface area (Å²) in [5.41, 5.74) is 1.84. The van der Waals surface area contributed by atoms with Crippen LogP contribution in [0, 0.1) is 0 Å². The second kappa shape index (κ2) is 17.8. The van der Waals surface area contributed by atoms with E-state index < -0.39 is 0 Å². The smallest absolute Gasteiger partial charge is 0.150 e. The molecule has 152 valence electrons. The lowest BCUT2D eigenvalue weighted by Gasteiger charge is -2.06. The molecule has 0 saturated heterocycles. The largest absolute Gasteiger partial charge is 0.385 e. The predicted octanol–water partition coefficient (Wildman–Crippen LogP) is 7.95. The number of carbonyl (C=O) groups is 1. The van der Waals surface area contributed by atoms with E-state index in [2.05, 4.69) is 24.4 Å². The number of unbranched alkanes of at least 4 members (excludes halogenated alkanes) is 12. The number of hydrogen-bond donors (Lipinski definition) is 1. The Hall–Kier alpha value is -1.57. The van der Waals surface area contributed by atoms with E-state index in [0.717, 1.165) is 24.1 Å². The molecule has 0 unspecified atom stereocenters. The van der Waals surface area contributed by atoms with Gasteiger partial charge in [0.25, 0.3) is 0 Å². The third-order valence-electron chi connectivity index (χ3n) is 5.06. The Morgan fingerprint density at radius 2 is 1.22 bits per heavy atom. The zero-order chi connectivity index (χ0) is 19.4. The van der Waals surface area contributed by atoms with Crippen LogP contribution >= 0.6 is 0 Å². The van der Waals surface area contributed by atoms with Gasteiger partial charge >= 0.3 is 0 Å². The first-order valence-electron chi connectivity index (χ1n) is 11.3. The first kappa shape index (κ1) is 23.5. The molecule has 0 atom stereocenters. The van der Waals surface area contributed by atoms with Crippen molar-refractivity contribution in [3.05, 3.63) is 42.0 Å². The molecule has 2 heteroatoms. The first-order chi connectivity index (χ1) is 13.4. The Morgan fingerprint density at radius 3 is 1.78 bits per heavy atom. The van der Waals surface area contributed by atoms with Crippen LogP contribution in [0.5, 0.6) is 0 Å². The zero-order valence-electron chi connectivity index (χ0n) is 17.6. The molecule has 1 rings (SSSR count). The minimum atomic E-state index is 0.734. The topological polar surface area (TPSA) is 29.1 Å².